The summed E-state index contributed by atoms with van der Waals surface area (Å²) in [5.41, 5.74) is 1.51. The van der Waals surface area contributed by atoms with Crippen LogP contribution in [-0.4, -0.2) is 41.8 Å². The molecule has 0 bridgehead atoms. The van der Waals surface area contributed by atoms with Gasteiger partial charge in [0.15, 0.2) is 5.13 Å². The van der Waals surface area contributed by atoms with Crippen LogP contribution in [0, 0.1) is 13.8 Å². The van der Waals surface area contributed by atoms with E-state index in [9.17, 15) is 9.59 Å². The van der Waals surface area contributed by atoms with E-state index in [0.717, 1.165) is 25.2 Å². The Bertz CT molecular complexity index is 780. The van der Waals surface area contributed by atoms with E-state index in [1.807, 2.05) is 0 Å². The van der Waals surface area contributed by atoms with Crippen molar-refractivity contribution in [3.63, 3.8) is 0 Å². The molecule has 2 aromatic heterocycles. The van der Waals surface area contributed by atoms with Crippen LogP contribution >= 0.6 is 11.3 Å². The number of anilines is 1. The van der Waals surface area contributed by atoms with Crippen LogP contribution in [0.25, 0.3) is 0 Å². The number of nitrogens with one attached hydrogen (secondary N) is 2. The molecule has 1 aliphatic heterocycles. The quantitative estimate of drug-likeness (QED) is 0.878. The zero-order valence-corrected chi connectivity index (χ0v) is 14.7. The summed E-state index contributed by atoms with van der Waals surface area (Å²) in [6, 6.07) is 1.66. The Kier molecular flexibility index (Phi) is 4.68. The van der Waals surface area contributed by atoms with Crippen LogP contribution in [0.1, 0.15) is 32.4 Å². The van der Waals surface area contributed by atoms with Crippen LogP contribution in [0.4, 0.5) is 5.13 Å². The van der Waals surface area contributed by atoms with E-state index >= 15 is 0 Å². The maximum atomic E-state index is 12.1. The first-order valence-electron chi connectivity index (χ1n) is 7.74. The highest BCUT2D eigenvalue weighted by Crippen LogP contribution is 2.27. The molecule has 2 aromatic rings. The second kappa shape index (κ2) is 6.74. The third-order valence-electron chi connectivity index (χ3n) is 3.86. The molecule has 7 nitrogen and oxygen atoms in total. The first-order valence-corrected chi connectivity index (χ1v) is 8.56. The number of carbonyl (C=O) groups excluding carboxylic acids is 2. The lowest BCUT2D eigenvalue weighted by Crippen LogP contribution is -2.32. The van der Waals surface area contributed by atoms with Gasteiger partial charge in [-0.1, -0.05) is 0 Å². The Morgan fingerprint density at radius 3 is 2.92 bits per heavy atom. The van der Waals surface area contributed by atoms with Gasteiger partial charge in [-0.05, 0) is 27.0 Å². The highest BCUT2D eigenvalue weighted by molar-refractivity contribution is 7.15. The molecule has 2 amide bonds. The van der Waals surface area contributed by atoms with Crippen LogP contribution in [-0.2, 0) is 17.8 Å². The minimum Gasteiger partial charge on any atom is -0.466 e. The van der Waals surface area contributed by atoms with Gasteiger partial charge in [-0.2, -0.15) is 0 Å². The number of carbonyl (C=O) groups is 2. The second-order valence-electron chi connectivity index (χ2n) is 5.93. The third kappa shape index (κ3) is 3.65. The van der Waals surface area contributed by atoms with Gasteiger partial charge in [0.1, 0.15) is 11.5 Å². The highest BCUT2D eigenvalue weighted by atomic mass is 32.1. The molecule has 3 heterocycles. The fraction of sp³-hybridized carbons (Fsp3) is 0.438. The highest BCUT2D eigenvalue weighted by Gasteiger charge is 2.19. The van der Waals surface area contributed by atoms with E-state index in [0.29, 0.717) is 22.2 Å². The van der Waals surface area contributed by atoms with Crippen molar-refractivity contribution in [2.75, 3.05) is 25.5 Å². The van der Waals surface area contributed by atoms with Gasteiger partial charge in [-0.25, -0.2) is 4.98 Å². The number of aromatic nitrogens is 1. The van der Waals surface area contributed by atoms with Crippen LogP contribution in [0.15, 0.2) is 10.5 Å². The molecule has 0 aliphatic carbocycles. The number of thiazole rings is 1. The Morgan fingerprint density at radius 2 is 2.21 bits per heavy atom. The van der Waals surface area contributed by atoms with Gasteiger partial charge in [0, 0.05) is 24.4 Å². The van der Waals surface area contributed by atoms with Crippen molar-refractivity contribution < 1.29 is 14.0 Å². The maximum absolute atomic E-state index is 12.1. The summed E-state index contributed by atoms with van der Waals surface area (Å²) in [5, 5.41) is 5.94. The van der Waals surface area contributed by atoms with Crippen molar-refractivity contribution in [3.05, 3.63) is 33.7 Å². The van der Waals surface area contributed by atoms with E-state index in [1.165, 1.54) is 16.2 Å². The van der Waals surface area contributed by atoms with Gasteiger partial charge < -0.3 is 20.0 Å². The zero-order chi connectivity index (χ0) is 17.3. The van der Waals surface area contributed by atoms with Gasteiger partial charge >= 0.3 is 0 Å². The summed E-state index contributed by atoms with van der Waals surface area (Å²) < 4.78 is 5.32. The minimum absolute atomic E-state index is 0.105. The monoisotopic (exact) mass is 348 g/mol. The number of amides is 2. The molecule has 2 N–H and O–H groups in total. The average Bonchev–Trinajstić information content (AvgIpc) is 3.06. The van der Waals surface area contributed by atoms with Crippen molar-refractivity contribution in [2.24, 2.45) is 0 Å². The van der Waals surface area contributed by atoms with Crippen molar-refractivity contribution >= 4 is 28.3 Å². The van der Waals surface area contributed by atoms with E-state index in [-0.39, 0.29) is 18.4 Å². The van der Waals surface area contributed by atoms with Crippen molar-refractivity contribution in [3.8, 4) is 0 Å². The Labute approximate surface area is 144 Å². The molecule has 8 heteroatoms. The molecule has 0 unspecified atom stereocenters. The molecular formula is C16H20N4O3S. The predicted molar refractivity (Wildman–Crippen MR) is 91.3 cm³/mol. The smallest absolute Gasteiger partial charge is 0.255 e. The minimum atomic E-state index is -0.320. The molecule has 3 rings (SSSR count). The lowest BCUT2D eigenvalue weighted by molar-refractivity contribution is -0.115. The van der Waals surface area contributed by atoms with Gasteiger partial charge in [0.05, 0.1) is 17.8 Å². The second-order valence-corrected chi connectivity index (χ2v) is 7.02. The van der Waals surface area contributed by atoms with E-state index in [1.54, 1.807) is 19.9 Å². The summed E-state index contributed by atoms with van der Waals surface area (Å²) >= 11 is 1.49. The standard InChI is InChI=1S/C16H20N4O3S/c1-9-6-11(10(2)23-9)15(22)17-7-14(21)19-16-18-12-4-5-20(3)8-13(12)24-16/h6H,4-5,7-8H2,1-3H3,(H,17,22)(H,18,19,21). The molecule has 0 saturated heterocycles. The SMILES string of the molecule is Cc1cc(C(=O)NCC(=O)Nc2nc3c(s2)CN(C)CC3)c(C)o1. The maximum Gasteiger partial charge on any atom is 0.255 e. The molecule has 0 spiro atoms. The Morgan fingerprint density at radius 1 is 1.42 bits per heavy atom. The number of furan rings is 1. The molecule has 0 radical (unpaired) electrons. The van der Waals surface area contributed by atoms with Gasteiger partial charge in [-0.15, -0.1) is 11.3 Å². The Balaban J connectivity index is 1.54. The number of hydrogen-bond donors (Lipinski definition) is 2. The molecule has 24 heavy (non-hydrogen) atoms. The zero-order valence-electron chi connectivity index (χ0n) is 13.9. The molecule has 0 saturated carbocycles. The van der Waals surface area contributed by atoms with Gasteiger partial charge in [-0.3, -0.25) is 9.59 Å². The first kappa shape index (κ1) is 16.7. The summed E-state index contributed by atoms with van der Waals surface area (Å²) in [6.45, 7) is 5.23. The van der Waals surface area contributed by atoms with E-state index in [4.69, 9.17) is 4.42 Å². The average molecular weight is 348 g/mol. The van der Waals surface area contributed by atoms with Gasteiger partial charge in [0.25, 0.3) is 5.91 Å². The number of aryl methyl sites for hydroxylation is 2. The number of fused-ring (bicyclic) bond motifs is 1. The molecule has 0 aromatic carbocycles. The normalized spacial score (nSPS) is 14.3. The van der Waals surface area contributed by atoms with Crippen LogP contribution in [0.5, 0.6) is 0 Å². The number of nitrogens with zero attached hydrogens (tertiary/aromatic N) is 2. The molecule has 0 atom stereocenters. The summed E-state index contributed by atoms with van der Waals surface area (Å²) in [6.07, 6.45) is 0.897. The van der Waals surface area contributed by atoms with E-state index in [2.05, 4.69) is 27.6 Å². The molecule has 1 aliphatic rings. The summed E-state index contributed by atoms with van der Waals surface area (Å²) in [4.78, 5) is 32.0. The van der Waals surface area contributed by atoms with Crippen molar-refractivity contribution in [1.29, 1.82) is 0 Å². The topological polar surface area (TPSA) is 87.5 Å². The lowest BCUT2D eigenvalue weighted by atomic mass is 10.2. The largest absolute Gasteiger partial charge is 0.466 e. The Hall–Kier alpha value is -2.19. The summed E-state index contributed by atoms with van der Waals surface area (Å²) in [7, 11) is 2.07. The molecule has 0 fully saturated rings. The van der Waals surface area contributed by atoms with Crippen LogP contribution < -0.4 is 10.6 Å². The van der Waals surface area contributed by atoms with Gasteiger partial charge in [0.2, 0.25) is 5.91 Å². The molecule has 128 valence electrons. The van der Waals surface area contributed by atoms with Crippen molar-refractivity contribution in [1.82, 2.24) is 15.2 Å². The fourth-order valence-corrected chi connectivity index (χ4v) is 3.76. The summed E-state index contributed by atoms with van der Waals surface area (Å²) in [5.74, 6) is 0.600. The van der Waals surface area contributed by atoms with E-state index < -0.39 is 0 Å². The number of rotatable bonds is 4. The van der Waals surface area contributed by atoms with Crippen molar-refractivity contribution in [2.45, 2.75) is 26.8 Å². The third-order valence-corrected chi connectivity index (χ3v) is 4.86. The number of likely N-dealkylation sites (N-methyl/N-ethyl adjacent to an activating group) is 1. The van der Waals surface area contributed by atoms with Crippen LogP contribution in [0.2, 0.25) is 0 Å². The predicted octanol–water partition coefficient (Wildman–Crippen LogP) is 1.71. The number of hydrogen-bond acceptors (Lipinski definition) is 6. The van der Waals surface area contributed by atoms with Crippen LogP contribution in [0.3, 0.4) is 0 Å². The molecular weight excluding hydrogens is 328 g/mol. The fourth-order valence-electron chi connectivity index (χ4n) is 2.65. The first-order chi connectivity index (χ1) is 11.4. The lowest BCUT2D eigenvalue weighted by Gasteiger charge is -2.20.